The molecule has 0 saturated heterocycles. The molecule has 0 spiro atoms. The van der Waals surface area contributed by atoms with Gasteiger partial charge in [0.2, 0.25) is 0 Å². The number of hydrogen-bond donors (Lipinski definition) is 0. The Kier molecular flexibility index (Phi) is 18.8. The molecule has 0 N–H and O–H groups in total. The number of hydrogen-bond acceptors (Lipinski definition) is 6. The molecule has 0 aliphatic carbocycles. The number of halogens is 8. The van der Waals surface area contributed by atoms with Crippen LogP contribution in [0.25, 0.3) is 5.53 Å². The Morgan fingerprint density at radius 3 is 1.76 bits per heavy atom. The molecule has 8 nitrogen and oxygen atoms in total. The zero-order valence-electron chi connectivity index (χ0n) is 18.1. The minimum absolute atomic E-state index is 0. The Morgan fingerprint density at radius 1 is 0.946 bits per heavy atom. The average molecular weight is 712 g/mol. The predicted octanol–water partition coefficient (Wildman–Crippen LogP) is 2.15. The van der Waals surface area contributed by atoms with Crippen LogP contribution in [0.1, 0.15) is 20.7 Å². The smallest absolute Gasteiger partial charge is 0.766 e. The van der Waals surface area contributed by atoms with Crippen molar-refractivity contribution in [2.24, 2.45) is 0 Å². The van der Waals surface area contributed by atoms with Crippen molar-refractivity contribution in [3.63, 3.8) is 0 Å². The molecule has 2 aromatic rings. The Labute approximate surface area is 249 Å². The van der Waals surface area contributed by atoms with Gasteiger partial charge >= 0.3 is 46.8 Å². The molecule has 0 aromatic heterocycles. The standard InChI is InChI=1S/C9H6BrF3O3S.C8H5BrN2O.CHF3O2S.Na/c10-7-3-1-2-6(4-7)8(14)5-16-17(15)9(11,12)13;9-7-3-1-2-6(4-7)8(12)5-11-10;2-1(3,4)7(5)6;/h1-4H,5H2;1-5H;(H,5,6);/q;;;+1/p-1. The second-order valence-corrected chi connectivity index (χ2v) is 9.61. The van der Waals surface area contributed by atoms with Gasteiger partial charge in [-0.1, -0.05) is 56.1 Å². The number of nitrogens with zero attached hydrogens (tertiary/aromatic N) is 2. The second kappa shape index (κ2) is 18.3. The Bertz CT molecular complexity index is 1160. The van der Waals surface area contributed by atoms with E-state index in [1.54, 1.807) is 30.3 Å². The van der Waals surface area contributed by atoms with Crippen LogP contribution in [0.2, 0.25) is 0 Å². The molecule has 0 fully saturated rings. The van der Waals surface area contributed by atoms with Crippen molar-refractivity contribution >= 4 is 71.8 Å². The monoisotopic (exact) mass is 710 g/mol. The Balaban J connectivity index is 0. The number of Topliss-reactive ketones (excluding diaryl/α,β-unsaturated/α-hetero) is 2. The van der Waals surface area contributed by atoms with Crippen LogP contribution in [-0.4, -0.2) is 53.2 Å². The predicted molar refractivity (Wildman–Crippen MR) is 122 cm³/mol. The maximum atomic E-state index is 11.8. The second-order valence-electron chi connectivity index (χ2n) is 5.68. The van der Waals surface area contributed by atoms with Gasteiger partial charge in [-0.2, -0.15) is 31.1 Å². The molecule has 37 heavy (non-hydrogen) atoms. The summed E-state index contributed by atoms with van der Waals surface area (Å²) >= 11 is -1.07. The first kappa shape index (κ1) is 38.1. The molecule has 198 valence electrons. The molecule has 0 amide bonds. The van der Waals surface area contributed by atoms with Gasteiger partial charge in [0.05, 0.1) is 11.1 Å². The fraction of sp³-hybridized carbons (Fsp3) is 0.167. The summed E-state index contributed by atoms with van der Waals surface area (Å²) in [5.74, 6) is -0.998. The van der Waals surface area contributed by atoms with Gasteiger partial charge < -0.3 is 10.1 Å². The summed E-state index contributed by atoms with van der Waals surface area (Å²) in [5.41, 5.74) is -1.29. The Morgan fingerprint density at radius 2 is 1.38 bits per heavy atom. The summed E-state index contributed by atoms with van der Waals surface area (Å²) in [7, 11) is 0. The fourth-order valence-corrected chi connectivity index (χ4v) is 2.83. The van der Waals surface area contributed by atoms with Crippen LogP contribution in [0, 0.1) is 0 Å². The third-order valence-corrected chi connectivity index (χ3v) is 5.18. The quantitative estimate of drug-likeness (QED) is 0.0857. The third kappa shape index (κ3) is 17.2. The van der Waals surface area contributed by atoms with Gasteiger partial charge in [0, 0.05) is 20.1 Å². The molecule has 19 heteroatoms. The molecule has 0 aliphatic rings. The van der Waals surface area contributed by atoms with E-state index in [0.717, 1.165) is 10.7 Å². The maximum Gasteiger partial charge on any atom is 1.00 e. The molecular weight excluding hydrogens is 701 g/mol. The molecule has 2 aromatic carbocycles. The van der Waals surface area contributed by atoms with Crippen LogP contribution in [0.15, 0.2) is 57.5 Å². The van der Waals surface area contributed by atoms with E-state index in [1.807, 2.05) is 6.07 Å². The van der Waals surface area contributed by atoms with Crippen molar-refractivity contribution in [1.82, 2.24) is 0 Å². The molecule has 0 heterocycles. The van der Waals surface area contributed by atoms with Gasteiger partial charge in [-0.25, -0.2) is 4.21 Å². The third-order valence-electron chi connectivity index (χ3n) is 3.11. The number of alkyl halides is 6. The van der Waals surface area contributed by atoms with Crippen LogP contribution >= 0.6 is 31.9 Å². The number of benzene rings is 2. The molecular formula is C18H11Br2F6N2NaO6S2. The first-order chi connectivity index (χ1) is 16.5. The van der Waals surface area contributed by atoms with E-state index >= 15 is 0 Å². The zero-order chi connectivity index (χ0) is 28.1. The van der Waals surface area contributed by atoms with Gasteiger partial charge in [0.15, 0.2) is 5.78 Å². The topological polar surface area (TPSA) is 137 Å². The van der Waals surface area contributed by atoms with Gasteiger partial charge in [-0.05, 0) is 24.3 Å². The first-order valence-electron chi connectivity index (χ1n) is 8.53. The van der Waals surface area contributed by atoms with E-state index < -0.39 is 45.6 Å². The van der Waals surface area contributed by atoms with E-state index in [4.69, 9.17) is 14.3 Å². The number of rotatable bonds is 6. The normalized spacial score (nSPS) is 12.1. The van der Waals surface area contributed by atoms with E-state index in [-0.39, 0.29) is 40.9 Å². The SMILES string of the molecule is O=C(COS(=O)C(F)(F)F)c1cccc(Br)c1.O=S([O-])C(F)(F)F.[N-]=[N+]=CC(=O)c1cccc(Br)c1.[Na+]. The number of carbonyl (C=O) groups is 2. The number of ketones is 2. The molecule has 0 saturated carbocycles. The van der Waals surface area contributed by atoms with Crippen molar-refractivity contribution < 1.29 is 87.4 Å². The molecule has 0 aliphatic heterocycles. The van der Waals surface area contributed by atoms with Crippen molar-refractivity contribution in [1.29, 1.82) is 0 Å². The van der Waals surface area contributed by atoms with E-state index in [2.05, 4.69) is 40.8 Å². The molecule has 0 radical (unpaired) electrons. The first-order valence-corrected chi connectivity index (χ1v) is 12.3. The minimum atomic E-state index is -5.08. The fourth-order valence-electron chi connectivity index (χ4n) is 1.69. The van der Waals surface area contributed by atoms with Crippen molar-refractivity contribution in [3.05, 3.63) is 74.1 Å². The number of carbonyl (C=O) groups excluding carboxylic acids is 2. The minimum Gasteiger partial charge on any atom is -0.766 e. The van der Waals surface area contributed by atoms with Crippen LogP contribution in [0.5, 0.6) is 0 Å². The van der Waals surface area contributed by atoms with Gasteiger partial charge in [0.25, 0.3) is 16.9 Å². The van der Waals surface area contributed by atoms with E-state index in [9.17, 15) is 40.1 Å². The van der Waals surface area contributed by atoms with E-state index in [1.165, 1.54) is 12.1 Å². The zero-order valence-corrected chi connectivity index (χ0v) is 24.9. The summed E-state index contributed by atoms with van der Waals surface area (Å²) in [6, 6.07) is 12.9. The Hall–Kier alpha value is -1.08. The van der Waals surface area contributed by atoms with Crippen LogP contribution < -0.4 is 29.6 Å². The summed E-state index contributed by atoms with van der Waals surface area (Å²) < 4.78 is 101. The van der Waals surface area contributed by atoms with Crippen LogP contribution in [0.4, 0.5) is 26.3 Å². The van der Waals surface area contributed by atoms with Gasteiger partial charge in [-0.15, -0.1) is 0 Å². The van der Waals surface area contributed by atoms with Crippen molar-refractivity contribution in [2.45, 2.75) is 11.0 Å². The molecule has 0 bridgehead atoms. The summed E-state index contributed by atoms with van der Waals surface area (Å²) in [5, 5.41) is 0. The maximum absolute atomic E-state index is 11.8. The van der Waals surface area contributed by atoms with Crippen molar-refractivity contribution in [3.8, 4) is 0 Å². The summed E-state index contributed by atoms with van der Waals surface area (Å²) in [6.45, 7) is -0.886. The molecule has 2 unspecified atom stereocenters. The summed E-state index contributed by atoms with van der Waals surface area (Å²) in [4.78, 5) is 25.1. The van der Waals surface area contributed by atoms with Gasteiger partial charge in [-0.3, -0.25) is 18.0 Å². The average Bonchev–Trinajstić information content (AvgIpc) is 2.77. The van der Waals surface area contributed by atoms with E-state index in [0.29, 0.717) is 10.0 Å². The van der Waals surface area contributed by atoms with Crippen LogP contribution in [-0.2, 0) is 26.3 Å². The van der Waals surface area contributed by atoms with Crippen LogP contribution in [0.3, 0.4) is 0 Å². The largest absolute Gasteiger partial charge is 1.00 e. The molecule has 2 atom stereocenters. The summed E-state index contributed by atoms with van der Waals surface area (Å²) in [6.07, 6.45) is 0.863. The van der Waals surface area contributed by atoms with Crippen molar-refractivity contribution in [2.75, 3.05) is 6.61 Å². The molecule has 2 rings (SSSR count). The van der Waals surface area contributed by atoms with Gasteiger partial charge in [0.1, 0.15) is 6.61 Å².